The molecule has 0 bridgehead atoms. The van der Waals surface area contributed by atoms with Crippen LogP contribution in [0.5, 0.6) is 0 Å². The quantitative estimate of drug-likeness (QED) is 0.910. The Morgan fingerprint density at radius 3 is 2.43 bits per heavy atom. The van der Waals surface area contributed by atoms with Crippen LogP contribution in [0.25, 0.3) is 0 Å². The molecule has 1 N–H and O–H groups in total. The lowest BCUT2D eigenvalue weighted by Gasteiger charge is -2.27. The highest BCUT2D eigenvalue weighted by molar-refractivity contribution is 5.91. The Morgan fingerprint density at radius 1 is 1.14 bits per heavy atom. The highest BCUT2D eigenvalue weighted by atomic mass is 19.1. The summed E-state index contributed by atoms with van der Waals surface area (Å²) in [6, 6.07) is 6.31. The highest BCUT2D eigenvalue weighted by Gasteiger charge is 2.53. The van der Waals surface area contributed by atoms with Gasteiger partial charge in [0.2, 0.25) is 5.91 Å². The molecule has 2 fully saturated rings. The van der Waals surface area contributed by atoms with Crippen molar-refractivity contribution in [3.8, 4) is 0 Å². The fourth-order valence-electron chi connectivity index (χ4n) is 3.29. The number of aliphatic hydroxyl groups is 1. The van der Waals surface area contributed by atoms with Crippen molar-refractivity contribution in [2.45, 2.75) is 50.0 Å². The topological polar surface area (TPSA) is 40.5 Å². The number of nitrogens with zero attached hydrogens (tertiary/aromatic N) is 1. The molecule has 114 valence electrons. The van der Waals surface area contributed by atoms with Crippen LogP contribution in [0.1, 0.15) is 44.6 Å². The lowest BCUT2D eigenvalue weighted by atomic mass is 9.94. The van der Waals surface area contributed by atoms with Gasteiger partial charge in [-0.15, -0.1) is 0 Å². The van der Waals surface area contributed by atoms with Crippen molar-refractivity contribution >= 4 is 5.91 Å². The molecule has 1 aromatic carbocycles. The Morgan fingerprint density at radius 2 is 1.81 bits per heavy atom. The molecule has 4 heteroatoms. The second-order valence-electron chi connectivity index (χ2n) is 6.73. The summed E-state index contributed by atoms with van der Waals surface area (Å²) in [7, 11) is 0. The van der Waals surface area contributed by atoms with Gasteiger partial charge in [0.25, 0.3) is 0 Å². The molecule has 0 spiro atoms. The van der Waals surface area contributed by atoms with Gasteiger partial charge in [-0.2, -0.15) is 0 Å². The Balaban J connectivity index is 1.77. The van der Waals surface area contributed by atoms with Crippen LogP contribution in [0.15, 0.2) is 24.3 Å². The molecule has 1 atom stereocenters. The minimum absolute atomic E-state index is 0.145. The number of rotatable bonds is 2. The maximum atomic E-state index is 13.1. The number of likely N-dealkylation sites (tertiary alicyclic amines) is 1. The van der Waals surface area contributed by atoms with Crippen LogP contribution in [-0.2, 0) is 10.2 Å². The van der Waals surface area contributed by atoms with Crippen molar-refractivity contribution in [2.75, 3.05) is 13.1 Å². The van der Waals surface area contributed by atoms with Crippen molar-refractivity contribution in [1.82, 2.24) is 4.90 Å². The maximum Gasteiger partial charge on any atom is 0.233 e. The van der Waals surface area contributed by atoms with E-state index < -0.39 is 11.0 Å². The summed E-state index contributed by atoms with van der Waals surface area (Å²) in [5, 5.41) is 10.1. The molecule has 1 heterocycles. The van der Waals surface area contributed by atoms with E-state index in [1.165, 1.54) is 12.1 Å². The van der Waals surface area contributed by atoms with E-state index in [2.05, 4.69) is 0 Å². The second-order valence-corrected chi connectivity index (χ2v) is 6.73. The van der Waals surface area contributed by atoms with Crippen molar-refractivity contribution in [1.29, 1.82) is 0 Å². The Labute approximate surface area is 124 Å². The van der Waals surface area contributed by atoms with Gasteiger partial charge in [-0.05, 0) is 56.7 Å². The number of carbonyl (C=O) groups is 1. The van der Waals surface area contributed by atoms with Crippen LogP contribution < -0.4 is 0 Å². The minimum atomic E-state index is -0.665. The van der Waals surface area contributed by atoms with Gasteiger partial charge < -0.3 is 10.0 Å². The molecule has 1 amide bonds. The van der Waals surface area contributed by atoms with Gasteiger partial charge in [0, 0.05) is 13.1 Å². The number of halogens is 1. The zero-order valence-electron chi connectivity index (χ0n) is 12.4. The predicted molar refractivity (Wildman–Crippen MR) is 78.4 cm³/mol. The first-order chi connectivity index (χ1) is 9.93. The number of hydrogen-bond donors (Lipinski definition) is 1. The van der Waals surface area contributed by atoms with E-state index in [1.807, 2.05) is 11.8 Å². The lowest BCUT2D eigenvalue weighted by Crippen LogP contribution is -2.40. The first-order valence-electron chi connectivity index (χ1n) is 7.71. The number of hydrogen-bond acceptors (Lipinski definition) is 2. The van der Waals surface area contributed by atoms with Crippen LogP contribution in [-0.4, -0.2) is 34.6 Å². The smallest absolute Gasteiger partial charge is 0.233 e. The average Bonchev–Trinajstić information content (AvgIpc) is 3.24. The normalized spacial score (nSPS) is 28.0. The number of carbonyl (C=O) groups excluding carboxylic acids is 1. The van der Waals surface area contributed by atoms with E-state index in [9.17, 15) is 14.3 Å². The van der Waals surface area contributed by atoms with E-state index in [0.29, 0.717) is 19.5 Å². The third-order valence-corrected chi connectivity index (χ3v) is 4.91. The molecule has 21 heavy (non-hydrogen) atoms. The first-order valence-corrected chi connectivity index (χ1v) is 7.71. The monoisotopic (exact) mass is 291 g/mol. The lowest BCUT2D eigenvalue weighted by molar-refractivity contribution is -0.134. The summed E-state index contributed by atoms with van der Waals surface area (Å²) in [5.74, 6) is -0.125. The molecule has 1 unspecified atom stereocenters. The van der Waals surface area contributed by atoms with Gasteiger partial charge in [0.05, 0.1) is 11.0 Å². The summed E-state index contributed by atoms with van der Waals surface area (Å²) in [6.45, 7) is 3.15. The fourth-order valence-corrected chi connectivity index (χ4v) is 3.29. The molecule has 1 saturated carbocycles. The molecule has 0 aromatic heterocycles. The fraction of sp³-hybridized carbons (Fsp3) is 0.588. The molecule has 3 rings (SSSR count). The van der Waals surface area contributed by atoms with Gasteiger partial charge in [0.1, 0.15) is 5.82 Å². The molecule has 0 radical (unpaired) electrons. The SMILES string of the molecule is CC1(O)CCCN(C(=O)C2(c3ccc(F)cc3)CC2)CC1. The average molecular weight is 291 g/mol. The third kappa shape index (κ3) is 2.82. The first kappa shape index (κ1) is 14.5. The van der Waals surface area contributed by atoms with Crippen molar-refractivity contribution in [3.63, 3.8) is 0 Å². The molecule has 2 aliphatic rings. The predicted octanol–water partition coefficient (Wildman–Crippen LogP) is 2.62. The second kappa shape index (κ2) is 5.09. The van der Waals surface area contributed by atoms with E-state index >= 15 is 0 Å². The Hall–Kier alpha value is -1.42. The summed E-state index contributed by atoms with van der Waals surface area (Å²) in [6.07, 6.45) is 3.87. The summed E-state index contributed by atoms with van der Waals surface area (Å²) in [5.41, 5.74) is -0.184. The van der Waals surface area contributed by atoms with E-state index in [1.54, 1.807) is 12.1 Å². The van der Waals surface area contributed by atoms with Crippen molar-refractivity contribution in [2.24, 2.45) is 0 Å². The summed E-state index contributed by atoms with van der Waals surface area (Å²) in [4.78, 5) is 14.8. The van der Waals surface area contributed by atoms with Gasteiger partial charge in [-0.1, -0.05) is 12.1 Å². The van der Waals surface area contributed by atoms with Gasteiger partial charge in [-0.3, -0.25) is 4.79 Å². The van der Waals surface area contributed by atoms with E-state index in [-0.39, 0.29) is 11.7 Å². The van der Waals surface area contributed by atoms with E-state index in [0.717, 1.165) is 31.2 Å². The van der Waals surface area contributed by atoms with Gasteiger partial charge in [0.15, 0.2) is 0 Å². The standard InChI is InChI=1S/C17H22FNO2/c1-16(21)7-2-11-19(12-10-16)15(20)17(8-9-17)13-3-5-14(18)6-4-13/h3-6,21H,2,7-12H2,1H3. The Bertz CT molecular complexity index is 534. The van der Waals surface area contributed by atoms with Crippen LogP contribution >= 0.6 is 0 Å². The van der Waals surface area contributed by atoms with E-state index in [4.69, 9.17) is 0 Å². The molecule has 1 saturated heterocycles. The molecule has 3 nitrogen and oxygen atoms in total. The molecular formula is C17H22FNO2. The largest absolute Gasteiger partial charge is 0.390 e. The third-order valence-electron chi connectivity index (χ3n) is 4.91. The zero-order chi connectivity index (χ0) is 15.1. The number of amides is 1. The highest BCUT2D eigenvalue weighted by Crippen LogP contribution is 2.49. The molecule has 1 aromatic rings. The van der Waals surface area contributed by atoms with Crippen LogP contribution in [0, 0.1) is 5.82 Å². The summed E-state index contributed by atoms with van der Waals surface area (Å²) < 4.78 is 13.1. The van der Waals surface area contributed by atoms with Crippen molar-refractivity contribution < 1.29 is 14.3 Å². The van der Waals surface area contributed by atoms with Crippen molar-refractivity contribution in [3.05, 3.63) is 35.6 Å². The zero-order valence-corrected chi connectivity index (χ0v) is 12.4. The van der Waals surface area contributed by atoms with Crippen LogP contribution in [0.2, 0.25) is 0 Å². The van der Waals surface area contributed by atoms with Crippen LogP contribution in [0.3, 0.4) is 0 Å². The maximum absolute atomic E-state index is 13.1. The Kier molecular flexibility index (Phi) is 3.52. The number of benzene rings is 1. The molecule has 1 aliphatic heterocycles. The minimum Gasteiger partial charge on any atom is -0.390 e. The molecule has 1 aliphatic carbocycles. The van der Waals surface area contributed by atoms with Crippen LogP contribution in [0.4, 0.5) is 4.39 Å². The molecular weight excluding hydrogens is 269 g/mol. The van der Waals surface area contributed by atoms with Gasteiger partial charge >= 0.3 is 0 Å². The summed E-state index contributed by atoms with van der Waals surface area (Å²) >= 11 is 0. The van der Waals surface area contributed by atoms with Gasteiger partial charge in [-0.25, -0.2) is 4.39 Å².